The molecule has 0 unspecified atom stereocenters. The molecule has 2 saturated heterocycles. The molecule has 216 valence electrons. The number of amides is 1. The van der Waals surface area contributed by atoms with E-state index in [0.717, 1.165) is 25.5 Å². The Morgan fingerprint density at radius 2 is 2.10 bits per heavy atom. The maximum atomic E-state index is 15.1. The molecule has 0 aliphatic carbocycles. The van der Waals surface area contributed by atoms with E-state index in [1.165, 1.54) is 24.5 Å². The van der Waals surface area contributed by atoms with Crippen molar-refractivity contribution >= 4 is 33.6 Å². The van der Waals surface area contributed by atoms with Gasteiger partial charge in [-0.25, -0.2) is 4.39 Å². The zero-order valence-corrected chi connectivity index (χ0v) is 23.3. The van der Waals surface area contributed by atoms with Gasteiger partial charge in [0, 0.05) is 42.7 Å². The standard InChI is InChI=1S/C31H31FN6O4/c1-3-27(40)38-13-12-37(17-19(38)8-10-33)30-28-26(34-31(35-30)42-18-20-5-4-11-36(20)2)16-24(23-9-14-41-29(23)28)22-7-6-21(39)15-25(22)32/h3,6-7,9,14-16,19-20,39H,1,4-5,8,11-13,17-18H2,2H3/t19-,20-/m0/s1. The number of nitriles is 1. The van der Waals surface area contributed by atoms with Crippen LogP contribution in [0.2, 0.25) is 0 Å². The van der Waals surface area contributed by atoms with Crippen molar-refractivity contribution in [3.63, 3.8) is 0 Å². The predicted octanol–water partition coefficient (Wildman–Crippen LogP) is 4.48. The number of aromatic nitrogens is 2. The molecule has 2 fully saturated rings. The summed E-state index contributed by atoms with van der Waals surface area (Å²) in [4.78, 5) is 28.1. The SMILES string of the molecule is C=CC(=O)N1CCN(c2nc(OC[C@@H]3CCCN3C)nc3cc(-c4ccc(O)cc4F)c4ccoc4c23)C[C@@H]1CC#N. The second kappa shape index (κ2) is 11.3. The molecule has 2 aliphatic rings. The molecule has 4 aromatic rings. The quantitative estimate of drug-likeness (QED) is 0.321. The van der Waals surface area contributed by atoms with Gasteiger partial charge in [-0.05, 0) is 62.3 Å². The molecule has 2 aromatic heterocycles. The summed E-state index contributed by atoms with van der Waals surface area (Å²) in [6, 6.07) is 9.84. The van der Waals surface area contributed by atoms with Crippen molar-refractivity contribution in [2.24, 2.45) is 0 Å². The lowest BCUT2D eigenvalue weighted by molar-refractivity contribution is -0.128. The van der Waals surface area contributed by atoms with Gasteiger partial charge in [-0.3, -0.25) is 4.79 Å². The first-order valence-corrected chi connectivity index (χ1v) is 14.0. The van der Waals surface area contributed by atoms with Crippen LogP contribution in [0, 0.1) is 17.1 Å². The molecule has 11 heteroatoms. The van der Waals surface area contributed by atoms with E-state index in [0.29, 0.717) is 65.1 Å². The number of rotatable bonds is 7. The van der Waals surface area contributed by atoms with Gasteiger partial charge in [0.15, 0.2) is 0 Å². The monoisotopic (exact) mass is 570 g/mol. The third kappa shape index (κ3) is 4.99. The highest BCUT2D eigenvalue weighted by Gasteiger charge is 2.32. The second-order valence-corrected chi connectivity index (χ2v) is 10.8. The number of hydrogen-bond acceptors (Lipinski definition) is 9. The highest BCUT2D eigenvalue weighted by Crippen LogP contribution is 2.41. The van der Waals surface area contributed by atoms with Crippen molar-refractivity contribution in [2.75, 3.05) is 44.7 Å². The van der Waals surface area contributed by atoms with Gasteiger partial charge in [-0.2, -0.15) is 15.2 Å². The van der Waals surface area contributed by atoms with Crippen LogP contribution in [0.3, 0.4) is 0 Å². The number of hydrogen-bond donors (Lipinski definition) is 1. The highest BCUT2D eigenvalue weighted by atomic mass is 19.1. The lowest BCUT2D eigenvalue weighted by Gasteiger charge is -2.41. The van der Waals surface area contributed by atoms with Gasteiger partial charge in [0.25, 0.3) is 0 Å². The van der Waals surface area contributed by atoms with Gasteiger partial charge in [-0.15, -0.1) is 0 Å². The molecule has 10 nitrogen and oxygen atoms in total. The van der Waals surface area contributed by atoms with Crippen LogP contribution in [0.25, 0.3) is 33.0 Å². The highest BCUT2D eigenvalue weighted by molar-refractivity contribution is 6.14. The lowest BCUT2D eigenvalue weighted by Crippen LogP contribution is -2.55. The van der Waals surface area contributed by atoms with Gasteiger partial charge in [0.2, 0.25) is 5.91 Å². The molecule has 2 aromatic carbocycles. The van der Waals surface area contributed by atoms with E-state index < -0.39 is 5.82 Å². The van der Waals surface area contributed by atoms with Gasteiger partial charge in [0.1, 0.15) is 29.6 Å². The van der Waals surface area contributed by atoms with E-state index in [1.807, 2.05) is 4.90 Å². The Morgan fingerprint density at radius 3 is 2.83 bits per heavy atom. The molecule has 2 atom stereocenters. The van der Waals surface area contributed by atoms with Gasteiger partial charge in [0.05, 0.1) is 35.7 Å². The number of ether oxygens (including phenoxy) is 1. The zero-order valence-electron chi connectivity index (χ0n) is 23.3. The Hall–Kier alpha value is -4.69. The number of fused-ring (bicyclic) bond motifs is 3. The molecule has 6 rings (SSSR count). The summed E-state index contributed by atoms with van der Waals surface area (Å²) in [6.45, 7) is 6.23. The van der Waals surface area contributed by atoms with Crippen molar-refractivity contribution in [2.45, 2.75) is 31.3 Å². The molecule has 0 saturated carbocycles. The first kappa shape index (κ1) is 27.5. The van der Waals surface area contributed by atoms with Crippen molar-refractivity contribution in [3.05, 3.63) is 55.1 Å². The predicted molar refractivity (Wildman–Crippen MR) is 156 cm³/mol. The number of furan rings is 1. The van der Waals surface area contributed by atoms with Crippen LogP contribution in [-0.4, -0.2) is 82.7 Å². The summed E-state index contributed by atoms with van der Waals surface area (Å²) in [5.74, 6) is -0.407. The summed E-state index contributed by atoms with van der Waals surface area (Å²) in [7, 11) is 2.07. The maximum absolute atomic E-state index is 15.1. The topological polar surface area (TPSA) is 119 Å². The fourth-order valence-electron chi connectivity index (χ4n) is 6.03. The van der Waals surface area contributed by atoms with E-state index in [9.17, 15) is 15.2 Å². The van der Waals surface area contributed by atoms with E-state index in [-0.39, 0.29) is 36.2 Å². The number of piperazine rings is 1. The second-order valence-electron chi connectivity index (χ2n) is 10.8. The Balaban J connectivity index is 1.49. The molecule has 2 aliphatic heterocycles. The summed E-state index contributed by atoms with van der Waals surface area (Å²) >= 11 is 0. The molecular weight excluding hydrogens is 539 g/mol. The minimum Gasteiger partial charge on any atom is -0.508 e. The lowest BCUT2D eigenvalue weighted by atomic mass is 9.98. The number of carbonyl (C=O) groups excluding carboxylic acids is 1. The first-order valence-electron chi connectivity index (χ1n) is 14.0. The number of halogens is 1. The van der Waals surface area contributed by atoms with Crippen LogP contribution in [0.1, 0.15) is 19.3 Å². The number of benzene rings is 2. The summed E-state index contributed by atoms with van der Waals surface area (Å²) in [5, 5.41) is 20.6. The van der Waals surface area contributed by atoms with Crippen LogP contribution < -0.4 is 9.64 Å². The number of likely N-dealkylation sites (tertiary alicyclic amines) is 1. The fourth-order valence-corrected chi connectivity index (χ4v) is 6.03. The van der Waals surface area contributed by atoms with E-state index in [2.05, 4.69) is 24.6 Å². The number of likely N-dealkylation sites (N-methyl/N-ethyl adjacent to an activating group) is 1. The Labute approximate surface area is 242 Å². The number of aromatic hydroxyl groups is 1. The van der Waals surface area contributed by atoms with Crippen LogP contribution in [0.4, 0.5) is 10.2 Å². The Morgan fingerprint density at radius 1 is 1.24 bits per heavy atom. The average molecular weight is 571 g/mol. The van der Waals surface area contributed by atoms with E-state index >= 15 is 4.39 Å². The molecule has 0 bridgehead atoms. The molecule has 4 heterocycles. The number of carbonyl (C=O) groups is 1. The number of phenolic OH excluding ortho intramolecular Hbond substituents is 1. The number of phenols is 1. The minimum absolute atomic E-state index is 0.150. The molecule has 0 radical (unpaired) electrons. The maximum Gasteiger partial charge on any atom is 0.319 e. The third-order valence-corrected chi connectivity index (χ3v) is 8.25. The zero-order chi connectivity index (χ0) is 29.4. The van der Waals surface area contributed by atoms with E-state index in [1.54, 1.807) is 17.0 Å². The molecule has 1 N–H and O–H groups in total. The summed E-state index contributed by atoms with van der Waals surface area (Å²) in [6.07, 6.45) is 5.07. The normalized spacial score (nSPS) is 19.4. The van der Waals surface area contributed by atoms with Crippen LogP contribution >= 0.6 is 0 Å². The Bertz CT molecular complexity index is 1720. The number of anilines is 1. The van der Waals surface area contributed by atoms with Gasteiger partial charge >= 0.3 is 6.01 Å². The Kier molecular flexibility index (Phi) is 7.39. The summed E-state index contributed by atoms with van der Waals surface area (Å²) in [5.41, 5.74) is 1.83. The minimum atomic E-state index is -0.575. The first-order chi connectivity index (χ1) is 20.4. The third-order valence-electron chi connectivity index (χ3n) is 8.25. The largest absolute Gasteiger partial charge is 0.508 e. The van der Waals surface area contributed by atoms with Gasteiger partial charge < -0.3 is 29.0 Å². The van der Waals surface area contributed by atoms with Crippen LogP contribution in [0.5, 0.6) is 11.8 Å². The van der Waals surface area contributed by atoms with E-state index in [4.69, 9.17) is 19.1 Å². The molecule has 1 amide bonds. The van der Waals surface area contributed by atoms with Crippen molar-refractivity contribution < 1.29 is 23.4 Å². The van der Waals surface area contributed by atoms with Crippen LogP contribution in [-0.2, 0) is 4.79 Å². The number of nitrogens with zero attached hydrogens (tertiary/aromatic N) is 6. The fraction of sp³-hybridized carbons (Fsp3) is 0.355. The summed E-state index contributed by atoms with van der Waals surface area (Å²) < 4.78 is 27.2. The molecular formula is C31H31FN6O4. The molecule has 0 spiro atoms. The van der Waals surface area contributed by atoms with Crippen LogP contribution in [0.15, 0.2) is 53.7 Å². The smallest absolute Gasteiger partial charge is 0.319 e. The molecule has 42 heavy (non-hydrogen) atoms. The van der Waals surface area contributed by atoms with Crippen molar-refractivity contribution in [3.8, 4) is 29.0 Å². The average Bonchev–Trinajstić information content (AvgIpc) is 3.64. The van der Waals surface area contributed by atoms with Gasteiger partial charge in [-0.1, -0.05) is 6.58 Å². The van der Waals surface area contributed by atoms with Crippen molar-refractivity contribution in [1.82, 2.24) is 19.8 Å². The van der Waals surface area contributed by atoms with Crippen molar-refractivity contribution in [1.29, 1.82) is 5.26 Å².